The summed E-state index contributed by atoms with van der Waals surface area (Å²) in [6, 6.07) is 0. The van der Waals surface area contributed by atoms with Gasteiger partial charge in [0, 0.05) is 0 Å². The van der Waals surface area contributed by atoms with Crippen LogP contribution in [-0.2, 0) is 4.74 Å². The molecule has 0 amide bonds. The Bertz CT molecular complexity index is 520. The van der Waals surface area contributed by atoms with Gasteiger partial charge in [0.1, 0.15) is 0 Å². The molecule has 8 bridgehead atoms. The minimum atomic E-state index is -5.45. The molecule has 7 saturated carbocycles. The summed E-state index contributed by atoms with van der Waals surface area (Å²) in [4.78, 5) is 0. The fourth-order valence-corrected chi connectivity index (χ4v) is 7.54. The van der Waals surface area contributed by atoms with Crippen molar-refractivity contribution in [2.75, 3.05) is 0 Å². The maximum absolute atomic E-state index is 13.0. The summed E-state index contributed by atoms with van der Waals surface area (Å²) in [6.45, 7) is 0. The van der Waals surface area contributed by atoms with Crippen LogP contribution < -0.4 is 0 Å². The van der Waals surface area contributed by atoms with Gasteiger partial charge in [-0.1, -0.05) is 0 Å². The lowest BCUT2D eigenvalue weighted by atomic mass is 9.34. The Morgan fingerprint density at radius 2 is 1.00 bits per heavy atom. The lowest BCUT2D eigenvalue weighted by Crippen LogP contribution is -2.72. The van der Waals surface area contributed by atoms with Gasteiger partial charge in [-0.2, -0.15) is 26.3 Å². The van der Waals surface area contributed by atoms with Crippen LogP contribution in [0.4, 0.5) is 26.3 Å². The average Bonchev–Trinajstić information content (AvgIpc) is 2.46. The molecule has 0 heterocycles. The van der Waals surface area contributed by atoms with Gasteiger partial charge < -0.3 is 9.84 Å². The average molecular weight is 370 g/mol. The number of rotatable bonds is 2. The Kier molecular flexibility index (Phi) is 2.99. The van der Waals surface area contributed by atoms with Crippen molar-refractivity contribution < 1.29 is 36.2 Å². The fraction of sp³-hybridized carbons (Fsp3) is 1.00. The summed E-state index contributed by atoms with van der Waals surface area (Å²) >= 11 is 0. The van der Waals surface area contributed by atoms with E-state index < -0.39 is 29.7 Å². The number of hydrogen-bond donors (Lipinski definition) is 1. The second-order valence-electron chi connectivity index (χ2n) is 9.20. The molecule has 1 N–H and O–H groups in total. The maximum Gasteiger partial charge on any atom is 0.423 e. The number of hydrogen-bond acceptors (Lipinski definition) is 2. The minimum absolute atomic E-state index is 0.108. The predicted octanol–water partition coefficient (Wildman–Crippen LogP) is 4.07. The third kappa shape index (κ3) is 2.19. The molecule has 2 nitrogen and oxygen atoms in total. The van der Waals surface area contributed by atoms with Gasteiger partial charge in [0.05, 0.1) is 11.2 Å². The highest BCUT2D eigenvalue weighted by Crippen LogP contribution is 2.73. The van der Waals surface area contributed by atoms with Gasteiger partial charge in [0.2, 0.25) is 6.10 Å². The zero-order valence-electron chi connectivity index (χ0n) is 13.4. The molecule has 7 aliphatic carbocycles. The minimum Gasteiger partial charge on any atom is -0.390 e. The van der Waals surface area contributed by atoms with Crippen molar-refractivity contribution in [1.29, 1.82) is 0 Å². The van der Waals surface area contributed by atoms with Crippen molar-refractivity contribution in [2.45, 2.75) is 68.2 Å². The summed E-state index contributed by atoms with van der Waals surface area (Å²) in [5.74, 6) is 1.05. The van der Waals surface area contributed by atoms with Crippen LogP contribution in [0.5, 0.6) is 0 Å². The second kappa shape index (κ2) is 4.49. The maximum atomic E-state index is 13.0. The Hall–Kier alpha value is -0.500. The van der Waals surface area contributed by atoms with E-state index in [1.54, 1.807) is 0 Å². The highest BCUT2D eigenvalue weighted by atomic mass is 19.4. The molecule has 0 radical (unpaired) electrons. The third-order valence-electron chi connectivity index (χ3n) is 7.93. The molecule has 0 spiro atoms. The second-order valence-corrected chi connectivity index (χ2v) is 9.20. The van der Waals surface area contributed by atoms with Crippen molar-refractivity contribution in [3.8, 4) is 0 Å². The highest BCUT2D eigenvalue weighted by Gasteiger charge is 2.72. The van der Waals surface area contributed by atoms with E-state index in [1.807, 2.05) is 0 Å². The monoisotopic (exact) mass is 370 g/mol. The van der Waals surface area contributed by atoms with E-state index in [2.05, 4.69) is 0 Å². The van der Waals surface area contributed by atoms with Gasteiger partial charge in [-0.05, 0) is 74.0 Å². The zero-order chi connectivity index (χ0) is 18.0. The molecule has 142 valence electrons. The van der Waals surface area contributed by atoms with Crippen LogP contribution in [-0.4, -0.2) is 34.8 Å². The van der Waals surface area contributed by atoms with Crippen molar-refractivity contribution >= 4 is 0 Å². The molecule has 0 aromatic carbocycles. The van der Waals surface area contributed by atoms with Gasteiger partial charge in [0.15, 0.2) is 0 Å². The van der Waals surface area contributed by atoms with Crippen LogP contribution in [0.15, 0.2) is 0 Å². The normalized spacial score (nSPS) is 53.3. The lowest BCUT2D eigenvalue weighted by molar-refractivity contribution is -0.375. The van der Waals surface area contributed by atoms with Crippen LogP contribution in [0.3, 0.4) is 0 Å². The van der Waals surface area contributed by atoms with Crippen LogP contribution in [0, 0.1) is 35.5 Å². The van der Waals surface area contributed by atoms with E-state index in [0.717, 1.165) is 0 Å². The summed E-state index contributed by atoms with van der Waals surface area (Å²) in [5.41, 5.74) is -1.95. The van der Waals surface area contributed by atoms with Gasteiger partial charge in [-0.25, -0.2) is 0 Å². The number of aliphatic hydroxyl groups is 1. The summed E-state index contributed by atoms with van der Waals surface area (Å²) < 4.78 is 82.9. The van der Waals surface area contributed by atoms with Gasteiger partial charge in [-0.15, -0.1) is 0 Å². The molecule has 7 rings (SSSR count). The number of halogens is 6. The summed E-state index contributed by atoms with van der Waals surface area (Å²) in [6.07, 6.45) is -11.8. The van der Waals surface area contributed by atoms with E-state index in [-0.39, 0.29) is 54.8 Å². The molecule has 0 unspecified atom stereocenters. The molecule has 25 heavy (non-hydrogen) atoms. The topological polar surface area (TPSA) is 29.5 Å². The molecule has 0 saturated heterocycles. The van der Waals surface area contributed by atoms with E-state index in [9.17, 15) is 31.4 Å². The van der Waals surface area contributed by atoms with Gasteiger partial charge >= 0.3 is 12.4 Å². The Morgan fingerprint density at radius 1 is 0.680 bits per heavy atom. The molecular formula is C17H20F6O2. The lowest BCUT2D eigenvalue weighted by Gasteiger charge is -2.73. The van der Waals surface area contributed by atoms with E-state index in [1.165, 1.54) is 0 Å². The summed E-state index contributed by atoms with van der Waals surface area (Å²) in [7, 11) is 0. The molecule has 0 aromatic heterocycles. The smallest absolute Gasteiger partial charge is 0.390 e. The van der Waals surface area contributed by atoms with E-state index in [0.29, 0.717) is 19.3 Å². The quantitative estimate of drug-likeness (QED) is 0.743. The standard InChI is InChI=1S/C17H20F6O2/c18-16(19,20)13(17(21,22)23)25-15-4-10-7-1-14(24)2-8(10)12(6-15)9(3-14)11(7)5-15/h7-13,24H,1-6H2. The van der Waals surface area contributed by atoms with Crippen molar-refractivity contribution in [3.05, 3.63) is 0 Å². The van der Waals surface area contributed by atoms with Crippen molar-refractivity contribution in [1.82, 2.24) is 0 Å². The first-order valence-corrected chi connectivity index (χ1v) is 8.95. The number of alkyl halides is 6. The fourth-order valence-electron chi connectivity index (χ4n) is 7.54. The van der Waals surface area contributed by atoms with Crippen LogP contribution in [0.25, 0.3) is 0 Å². The SMILES string of the molecule is OC12CC3C4CC5(OC(C(F)(F)F)C(F)(F)F)CC3C(C1)C(C5)C4C2. The van der Waals surface area contributed by atoms with Crippen molar-refractivity contribution in [2.24, 2.45) is 35.5 Å². The first-order chi connectivity index (χ1) is 11.4. The first-order valence-electron chi connectivity index (χ1n) is 8.95. The van der Waals surface area contributed by atoms with E-state index >= 15 is 0 Å². The number of ether oxygens (including phenoxy) is 1. The molecule has 0 aromatic rings. The van der Waals surface area contributed by atoms with Gasteiger partial charge in [0.25, 0.3) is 0 Å². The Labute approximate surface area is 140 Å². The zero-order valence-corrected chi connectivity index (χ0v) is 13.4. The molecular weight excluding hydrogens is 350 g/mol. The molecule has 0 atom stereocenters. The largest absolute Gasteiger partial charge is 0.423 e. The van der Waals surface area contributed by atoms with Crippen LogP contribution in [0.1, 0.15) is 38.5 Å². The molecule has 0 aliphatic heterocycles. The van der Waals surface area contributed by atoms with E-state index in [4.69, 9.17) is 4.74 Å². The Balaban J connectivity index is 1.46. The van der Waals surface area contributed by atoms with Crippen LogP contribution >= 0.6 is 0 Å². The first kappa shape index (κ1) is 16.7. The summed E-state index contributed by atoms with van der Waals surface area (Å²) in [5, 5.41) is 10.7. The van der Waals surface area contributed by atoms with Crippen molar-refractivity contribution in [3.63, 3.8) is 0 Å². The molecule has 7 fully saturated rings. The molecule has 7 aliphatic rings. The molecule has 8 heteroatoms. The Morgan fingerprint density at radius 3 is 1.32 bits per heavy atom. The van der Waals surface area contributed by atoms with Crippen LogP contribution in [0.2, 0.25) is 0 Å². The third-order valence-corrected chi connectivity index (χ3v) is 7.93. The van der Waals surface area contributed by atoms with Gasteiger partial charge in [-0.3, -0.25) is 0 Å². The highest BCUT2D eigenvalue weighted by molar-refractivity contribution is 5.20. The predicted molar refractivity (Wildman–Crippen MR) is 73.3 cm³/mol.